The second-order valence-electron chi connectivity index (χ2n) is 4.84. The third-order valence-electron chi connectivity index (χ3n) is 3.35. The molecular weight excluding hydrogens is 198 g/mol. The minimum Gasteiger partial charge on any atom is -0.380 e. The predicted octanol–water partition coefficient (Wildman–Crippen LogP) is 2.68. The summed E-state index contributed by atoms with van der Waals surface area (Å²) in [4.78, 5) is 0. The van der Waals surface area contributed by atoms with Crippen molar-refractivity contribution in [3.05, 3.63) is 34.9 Å². The molecule has 1 unspecified atom stereocenters. The highest BCUT2D eigenvalue weighted by Crippen LogP contribution is 2.30. The van der Waals surface area contributed by atoms with Gasteiger partial charge in [-0.25, -0.2) is 0 Å². The molecule has 0 aromatic heterocycles. The van der Waals surface area contributed by atoms with E-state index in [4.69, 9.17) is 4.74 Å². The van der Waals surface area contributed by atoms with Crippen LogP contribution in [-0.2, 0) is 17.8 Å². The smallest absolute Gasteiger partial charge is 0.0715 e. The minimum atomic E-state index is 0.501. The van der Waals surface area contributed by atoms with Gasteiger partial charge < -0.3 is 10.1 Å². The maximum Gasteiger partial charge on any atom is 0.0715 e. The van der Waals surface area contributed by atoms with Crippen LogP contribution >= 0.6 is 0 Å². The lowest BCUT2D eigenvalue weighted by atomic mass is 9.85. The van der Waals surface area contributed by atoms with E-state index >= 15 is 0 Å². The van der Waals surface area contributed by atoms with Gasteiger partial charge in [-0.3, -0.25) is 0 Å². The number of fused-ring (bicyclic) bond motifs is 1. The molecule has 16 heavy (non-hydrogen) atoms. The summed E-state index contributed by atoms with van der Waals surface area (Å²) in [7, 11) is 1.76. The molecule has 0 amide bonds. The topological polar surface area (TPSA) is 21.3 Å². The van der Waals surface area contributed by atoms with Crippen LogP contribution in [0.25, 0.3) is 0 Å². The number of hydrogen-bond donors (Lipinski definition) is 1. The number of nitrogens with one attached hydrogen (secondary N) is 1. The second-order valence-corrected chi connectivity index (χ2v) is 4.84. The van der Waals surface area contributed by atoms with Crippen molar-refractivity contribution in [1.29, 1.82) is 0 Å². The average Bonchev–Trinajstić information content (AvgIpc) is 2.29. The lowest BCUT2D eigenvalue weighted by molar-refractivity contribution is 0.183. The third kappa shape index (κ3) is 2.13. The molecule has 1 aliphatic heterocycles. The first-order valence-corrected chi connectivity index (χ1v) is 6.07. The van der Waals surface area contributed by atoms with E-state index in [1.54, 1.807) is 7.11 Å². The highest BCUT2D eigenvalue weighted by atomic mass is 16.5. The first-order valence-electron chi connectivity index (χ1n) is 6.07. The van der Waals surface area contributed by atoms with Crippen molar-refractivity contribution in [3.8, 4) is 0 Å². The molecule has 1 aromatic rings. The Morgan fingerprint density at radius 3 is 2.94 bits per heavy atom. The molecule has 1 aliphatic rings. The zero-order valence-corrected chi connectivity index (χ0v) is 10.4. The molecule has 0 saturated heterocycles. The first kappa shape index (κ1) is 11.6. The third-order valence-corrected chi connectivity index (χ3v) is 3.35. The Bertz CT molecular complexity index is 360. The van der Waals surface area contributed by atoms with Crippen molar-refractivity contribution >= 4 is 0 Å². The van der Waals surface area contributed by atoms with Crippen LogP contribution in [0.5, 0.6) is 0 Å². The quantitative estimate of drug-likeness (QED) is 0.844. The lowest BCUT2D eigenvalue weighted by Crippen LogP contribution is -2.33. The molecule has 2 rings (SSSR count). The van der Waals surface area contributed by atoms with Crippen LogP contribution in [0.4, 0.5) is 0 Å². The zero-order valence-electron chi connectivity index (χ0n) is 10.4. The van der Waals surface area contributed by atoms with Crippen molar-refractivity contribution in [2.75, 3.05) is 13.7 Å². The predicted molar refractivity (Wildman–Crippen MR) is 66.4 cm³/mol. The number of ether oxygens (including phenoxy) is 1. The van der Waals surface area contributed by atoms with E-state index in [9.17, 15) is 0 Å². The summed E-state index contributed by atoms with van der Waals surface area (Å²) in [5, 5.41) is 3.60. The van der Waals surface area contributed by atoms with Crippen LogP contribution < -0.4 is 5.32 Å². The molecule has 1 atom stereocenters. The van der Waals surface area contributed by atoms with E-state index in [2.05, 4.69) is 37.4 Å². The molecule has 1 N–H and O–H groups in total. The van der Waals surface area contributed by atoms with Crippen molar-refractivity contribution in [2.45, 2.75) is 32.9 Å². The Hall–Kier alpha value is -0.860. The van der Waals surface area contributed by atoms with Gasteiger partial charge in [0.05, 0.1) is 6.61 Å². The lowest BCUT2D eigenvalue weighted by Gasteiger charge is -2.31. The maximum atomic E-state index is 5.27. The van der Waals surface area contributed by atoms with E-state index < -0.39 is 0 Å². The Balaban J connectivity index is 2.38. The summed E-state index contributed by atoms with van der Waals surface area (Å²) in [6, 6.07) is 7.09. The molecule has 1 aromatic carbocycles. The van der Waals surface area contributed by atoms with E-state index in [0.717, 1.165) is 19.6 Å². The molecule has 0 radical (unpaired) electrons. The van der Waals surface area contributed by atoms with Gasteiger partial charge in [-0.1, -0.05) is 32.0 Å². The van der Waals surface area contributed by atoms with Crippen molar-refractivity contribution in [3.63, 3.8) is 0 Å². The largest absolute Gasteiger partial charge is 0.380 e. The van der Waals surface area contributed by atoms with Crippen LogP contribution in [0.15, 0.2) is 18.2 Å². The SMILES string of the molecule is COCc1cccc2c1CCNC2C(C)C. The van der Waals surface area contributed by atoms with Gasteiger partial charge in [-0.2, -0.15) is 0 Å². The number of methoxy groups -OCH3 is 1. The van der Waals surface area contributed by atoms with Gasteiger partial charge in [-0.05, 0) is 35.6 Å². The number of rotatable bonds is 3. The molecule has 0 aliphatic carbocycles. The van der Waals surface area contributed by atoms with E-state index in [-0.39, 0.29) is 0 Å². The highest BCUT2D eigenvalue weighted by Gasteiger charge is 2.23. The summed E-state index contributed by atoms with van der Waals surface area (Å²) < 4.78 is 5.27. The summed E-state index contributed by atoms with van der Waals surface area (Å²) >= 11 is 0. The van der Waals surface area contributed by atoms with Crippen LogP contribution in [0.2, 0.25) is 0 Å². The van der Waals surface area contributed by atoms with Gasteiger partial charge in [0, 0.05) is 13.2 Å². The molecule has 1 heterocycles. The fourth-order valence-corrected chi connectivity index (χ4v) is 2.60. The van der Waals surface area contributed by atoms with E-state index in [1.165, 1.54) is 16.7 Å². The van der Waals surface area contributed by atoms with Crippen LogP contribution in [0.1, 0.15) is 36.6 Å². The molecule has 88 valence electrons. The molecule has 0 spiro atoms. The van der Waals surface area contributed by atoms with Crippen LogP contribution in [0.3, 0.4) is 0 Å². The summed E-state index contributed by atoms with van der Waals surface area (Å²) in [6.07, 6.45) is 1.12. The first-order chi connectivity index (χ1) is 7.74. The van der Waals surface area contributed by atoms with Crippen LogP contribution in [-0.4, -0.2) is 13.7 Å². The zero-order chi connectivity index (χ0) is 11.5. The van der Waals surface area contributed by atoms with Crippen molar-refractivity contribution in [2.24, 2.45) is 5.92 Å². The highest BCUT2D eigenvalue weighted by molar-refractivity contribution is 5.39. The second kappa shape index (κ2) is 4.98. The summed E-state index contributed by atoms with van der Waals surface area (Å²) in [5.74, 6) is 0.636. The average molecular weight is 219 g/mol. The van der Waals surface area contributed by atoms with Gasteiger partial charge in [0.25, 0.3) is 0 Å². The maximum absolute atomic E-state index is 5.27. The van der Waals surface area contributed by atoms with Gasteiger partial charge in [0.15, 0.2) is 0 Å². The summed E-state index contributed by atoms with van der Waals surface area (Å²) in [6.45, 7) is 6.36. The van der Waals surface area contributed by atoms with Crippen molar-refractivity contribution < 1.29 is 4.74 Å². The van der Waals surface area contributed by atoms with Gasteiger partial charge in [0.1, 0.15) is 0 Å². The van der Waals surface area contributed by atoms with Crippen molar-refractivity contribution in [1.82, 2.24) is 5.32 Å². The Labute approximate surface area is 98.0 Å². The Kier molecular flexibility index (Phi) is 3.62. The molecule has 0 saturated carbocycles. The molecular formula is C14H21NO. The monoisotopic (exact) mass is 219 g/mol. The minimum absolute atomic E-state index is 0.501. The Morgan fingerprint density at radius 2 is 2.25 bits per heavy atom. The van der Waals surface area contributed by atoms with E-state index in [1.807, 2.05) is 0 Å². The molecule has 2 heteroatoms. The number of hydrogen-bond acceptors (Lipinski definition) is 2. The van der Waals surface area contributed by atoms with Gasteiger partial charge >= 0.3 is 0 Å². The Morgan fingerprint density at radius 1 is 1.44 bits per heavy atom. The molecule has 2 nitrogen and oxygen atoms in total. The van der Waals surface area contributed by atoms with Crippen LogP contribution in [0, 0.1) is 5.92 Å². The van der Waals surface area contributed by atoms with E-state index in [0.29, 0.717) is 12.0 Å². The standard InChI is InChI=1S/C14H21NO/c1-10(2)14-13-6-4-5-11(9-16-3)12(13)7-8-15-14/h4-6,10,14-15H,7-9H2,1-3H3. The number of benzene rings is 1. The molecule has 0 bridgehead atoms. The normalized spacial score (nSPS) is 19.9. The van der Waals surface area contributed by atoms with Gasteiger partial charge in [0.2, 0.25) is 0 Å². The summed E-state index contributed by atoms with van der Waals surface area (Å²) in [5.41, 5.74) is 4.32. The fourth-order valence-electron chi connectivity index (χ4n) is 2.60. The van der Waals surface area contributed by atoms with Gasteiger partial charge in [-0.15, -0.1) is 0 Å². The fraction of sp³-hybridized carbons (Fsp3) is 0.571. The molecule has 0 fully saturated rings.